The van der Waals surface area contributed by atoms with Gasteiger partial charge in [0.15, 0.2) is 0 Å². The summed E-state index contributed by atoms with van der Waals surface area (Å²) >= 11 is 0. The van der Waals surface area contributed by atoms with Crippen LogP contribution in [0.5, 0.6) is 5.75 Å². The van der Waals surface area contributed by atoms with Crippen LogP contribution in [-0.4, -0.2) is 25.5 Å². The van der Waals surface area contributed by atoms with Crippen LogP contribution in [-0.2, 0) is 9.59 Å². The van der Waals surface area contributed by atoms with Gasteiger partial charge in [0.2, 0.25) is 11.8 Å². The molecule has 1 heterocycles. The fourth-order valence-corrected chi connectivity index (χ4v) is 3.04. The molecule has 0 spiro atoms. The monoisotopic (exact) mass is 350 g/mol. The van der Waals surface area contributed by atoms with E-state index in [0.29, 0.717) is 12.1 Å². The van der Waals surface area contributed by atoms with Crippen molar-refractivity contribution in [2.24, 2.45) is 0 Å². The first-order valence-electron chi connectivity index (χ1n) is 8.61. The fraction of sp³-hybridized carbons (Fsp3) is 0.238. The van der Waals surface area contributed by atoms with Gasteiger partial charge in [0.1, 0.15) is 5.75 Å². The Balaban J connectivity index is 1.66. The molecule has 1 aliphatic rings. The summed E-state index contributed by atoms with van der Waals surface area (Å²) in [5, 5.41) is 2.85. The summed E-state index contributed by atoms with van der Waals surface area (Å²) in [7, 11) is 1.61. The Morgan fingerprint density at radius 1 is 1.23 bits per heavy atom. The Labute approximate surface area is 153 Å². The van der Waals surface area contributed by atoms with E-state index in [1.165, 1.54) is 6.08 Å². The van der Waals surface area contributed by atoms with Crippen LogP contribution in [0.25, 0.3) is 6.08 Å². The molecule has 0 aliphatic carbocycles. The first-order chi connectivity index (χ1) is 12.6. The number of amides is 2. The molecule has 0 bridgehead atoms. The molecule has 0 atom stereocenters. The Morgan fingerprint density at radius 2 is 2.08 bits per heavy atom. The van der Waals surface area contributed by atoms with Crippen molar-refractivity contribution in [1.29, 1.82) is 0 Å². The first-order valence-corrected chi connectivity index (χ1v) is 8.61. The van der Waals surface area contributed by atoms with Crippen LogP contribution in [0, 0.1) is 6.92 Å². The zero-order valence-corrected chi connectivity index (χ0v) is 15.0. The van der Waals surface area contributed by atoms with E-state index >= 15 is 0 Å². The average molecular weight is 350 g/mol. The Bertz CT molecular complexity index is 858. The molecule has 2 aromatic carbocycles. The van der Waals surface area contributed by atoms with Crippen molar-refractivity contribution in [2.45, 2.75) is 19.8 Å². The molecule has 5 heteroatoms. The molecule has 26 heavy (non-hydrogen) atoms. The molecule has 2 aromatic rings. The van der Waals surface area contributed by atoms with E-state index in [1.807, 2.05) is 54.3 Å². The maximum atomic E-state index is 12.2. The average Bonchev–Trinajstić information content (AvgIpc) is 3.06. The zero-order chi connectivity index (χ0) is 18.5. The summed E-state index contributed by atoms with van der Waals surface area (Å²) < 4.78 is 5.17. The second-order valence-electron chi connectivity index (χ2n) is 6.25. The van der Waals surface area contributed by atoms with Gasteiger partial charge in [-0.1, -0.05) is 12.1 Å². The van der Waals surface area contributed by atoms with E-state index in [2.05, 4.69) is 5.32 Å². The molecule has 1 N–H and O–H groups in total. The highest BCUT2D eigenvalue weighted by atomic mass is 16.5. The maximum absolute atomic E-state index is 12.2. The van der Waals surface area contributed by atoms with Gasteiger partial charge in [-0.15, -0.1) is 0 Å². The Morgan fingerprint density at radius 3 is 2.77 bits per heavy atom. The van der Waals surface area contributed by atoms with Gasteiger partial charge in [0.05, 0.1) is 7.11 Å². The predicted octanol–water partition coefficient (Wildman–Crippen LogP) is 3.78. The third kappa shape index (κ3) is 4.11. The minimum absolute atomic E-state index is 0.158. The van der Waals surface area contributed by atoms with Gasteiger partial charge in [0, 0.05) is 30.4 Å². The van der Waals surface area contributed by atoms with Crippen molar-refractivity contribution >= 4 is 29.3 Å². The Hall–Kier alpha value is -3.08. The highest BCUT2D eigenvalue weighted by Gasteiger charge is 2.22. The zero-order valence-electron chi connectivity index (χ0n) is 15.0. The third-order valence-electron chi connectivity index (χ3n) is 4.35. The number of nitrogens with one attached hydrogen (secondary N) is 1. The van der Waals surface area contributed by atoms with Gasteiger partial charge >= 0.3 is 0 Å². The van der Waals surface area contributed by atoms with E-state index < -0.39 is 0 Å². The number of benzene rings is 2. The van der Waals surface area contributed by atoms with Crippen molar-refractivity contribution < 1.29 is 14.3 Å². The number of aryl methyl sites for hydroxylation is 1. The number of nitrogens with zero attached hydrogens (tertiary/aromatic N) is 1. The third-order valence-corrected chi connectivity index (χ3v) is 4.35. The molecule has 0 saturated carbocycles. The van der Waals surface area contributed by atoms with Crippen LogP contribution in [0.4, 0.5) is 11.4 Å². The first kappa shape index (κ1) is 17.7. The lowest BCUT2D eigenvalue weighted by Gasteiger charge is -2.19. The van der Waals surface area contributed by atoms with Gasteiger partial charge in [-0.25, -0.2) is 0 Å². The molecule has 0 aromatic heterocycles. The summed E-state index contributed by atoms with van der Waals surface area (Å²) in [5.41, 5.74) is 3.48. The molecule has 134 valence electrons. The number of hydrogen-bond donors (Lipinski definition) is 1. The van der Waals surface area contributed by atoms with Crippen LogP contribution in [0.3, 0.4) is 0 Å². The van der Waals surface area contributed by atoms with Gasteiger partial charge in [0.25, 0.3) is 0 Å². The van der Waals surface area contributed by atoms with Crippen molar-refractivity contribution in [3.05, 3.63) is 59.7 Å². The number of ether oxygens (including phenoxy) is 1. The molecule has 0 unspecified atom stereocenters. The molecule has 3 rings (SSSR count). The number of methoxy groups -OCH3 is 1. The van der Waals surface area contributed by atoms with Crippen LogP contribution in [0.15, 0.2) is 48.5 Å². The smallest absolute Gasteiger partial charge is 0.248 e. The van der Waals surface area contributed by atoms with Crippen LogP contribution >= 0.6 is 0 Å². The number of hydrogen-bond acceptors (Lipinski definition) is 3. The number of rotatable bonds is 5. The molecule has 0 radical (unpaired) electrons. The number of carbonyl (C=O) groups is 2. The van der Waals surface area contributed by atoms with Crippen LogP contribution in [0.2, 0.25) is 0 Å². The molecule has 1 aliphatic heterocycles. The van der Waals surface area contributed by atoms with Crippen molar-refractivity contribution in [3.8, 4) is 5.75 Å². The van der Waals surface area contributed by atoms with Gasteiger partial charge in [-0.3, -0.25) is 9.59 Å². The molecule has 5 nitrogen and oxygen atoms in total. The van der Waals surface area contributed by atoms with Crippen LogP contribution in [0.1, 0.15) is 24.0 Å². The van der Waals surface area contributed by atoms with E-state index in [1.54, 1.807) is 13.2 Å². The number of anilines is 2. The van der Waals surface area contributed by atoms with Gasteiger partial charge in [-0.05, 0) is 60.9 Å². The minimum atomic E-state index is -0.211. The molecular weight excluding hydrogens is 328 g/mol. The quantitative estimate of drug-likeness (QED) is 0.835. The van der Waals surface area contributed by atoms with E-state index in [4.69, 9.17) is 4.74 Å². The summed E-state index contributed by atoms with van der Waals surface area (Å²) in [6, 6.07) is 13.1. The lowest BCUT2D eigenvalue weighted by Crippen LogP contribution is -2.24. The summed E-state index contributed by atoms with van der Waals surface area (Å²) in [6.07, 6.45) is 4.73. The SMILES string of the molecule is COc1cccc(/C=C/C(=O)Nc2ccc(N3CCCC3=O)c(C)c2)c1. The van der Waals surface area contributed by atoms with Crippen molar-refractivity contribution in [1.82, 2.24) is 0 Å². The normalized spacial score (nSPS) is 14.1. The largest absolute Gasteiger partial charge is 0.497 e. The lowest BCUT2D eigenvalue weighted by atomic mass is 10.1. The highest BCUT2D eigenvalue weighted by molar-refractivity contribution is 6.02. The van der Waals surface area contributed by atoms with Crippen molar-refractivity contribution in [3.63, 3.8) is 0 Å². The summed E-state index contributed by atoms with van der Waals surface area (Å²) in [5.74, 6) is 0.693. The molecule has 1 saturated heterocycles. The summed E-state index contributed by atoms with van der Waals surface area (Å²) in [4.78, 5) is 25.9. The van der Waals surface area contributed by atoms with Crippen molar-refractivity contribution in [2.75, 3.05) is 23.9 Å². The fourth-order valence-electron chi connectivity index (χ4n) is 3.04. The standard InChI is InChI=1S/C21H22N2O3/c1-15-13-17(9-10-19(15)23-12-4-7-21(23)25)22-20(24)11-8-16-5-3-6-18(14-16)26-2/h3,5-6,8-11,13-14H,4,7,12H2,1-2H3,(H,22,24)/b11-8+. The predicted molar refractivity (Wildman–Crippen MR) is 103 cm³/mol. The number of carbonyl (C=O) groups excluding carboxylic acids is 2. The Kier molecular flexibility index (Phi) is 5.37. The van der Waals surface area contributed by atoms with Gasteiger partial charge in [-0.2, -0.15) is 0 Å². The topological polar surface area (TPSA) is 58.6 Å². The van der Waals surface area contributed by atoms with E-state index in [-0.39, 0.29) is 11.8 Å². The second-order valence-corrected chi connectivity index (χ2v) is 6.25. The van der Waals surface area contributed by atoms with E-state index in [9.17, 15) is 9.59 Å². The minimum Gasteiger partial charge on any atom is -0.497 e. The van der Waals surface area contributed by atoms with Crippen LogP contribution < -0.4 is 15.0 Å². The second kappa shape index (κ2) is 7.87. The molecule has 1 fully saturated rings. The maximum Gasteiger partial charge on any atom is 0.248 e. The highest BCUT2D eigenvalue weighted by Crippen LogP contribution is 2.27. The summed E-state index contributed by atoms with van der Waals surface area (Å²) in [6.45, 7) is 2.71. The molecular formula is C21H22N2O3. The van der Waals surface area contributed by atoms with E-state index in [0.717, 1.165) is 35.5 Å². The van der Waals surface area contributed by atoms with Gasteiger partial charge < -0.3 is 15.0 Å². The molecule has 2 amide bonds. The lowest BCUT2D eigenvalue weighted by molar-refractivity contribution is -0.117.